The smallest absolute Gasteiger partial charge is 0.254 e. The van der Waals surface area contributed by atoms with Crippen LogP contribution in [0.5, 0.6) is 5.75 Å². The van der Waals surface area contributed by atoms with Gasteiger partial charge in [0.05, 0.1) is 7.11 Å². The number of aromatic nitrogens is 3. The fourth-order valence-electron chi connectivity index (χ4n) is 3.31. The first-order valence-corrected chi connectivity index (χ1v) is 9.00. The van der Waals surface area contributed by atoms with Gasteiger partial charge in [0.1, 0.15) is 17.1 Å². The second-order valence-electron chi connectivity index (χ2n) is 6.43. The summed E-state index contributed by atoms with van der Waals surface area (Å²) in [6.07, 6.45) is 4.20. The molecule has 0 N–H and O–H groups in total. The highest BCUT2D eigenvalue weighted by molar-refractivity contribution is 5.94. The van der Waals surface area contributed by atoms with E-state index in [1.165, 1.54) is 0 Å². The van der Waals surface area contributed by atoms with Crippen molar-refractivity contribution in [2.45, 2.75) is 6.42 Å². The zero-order valence-corrected chi connectivity index (χ0v) is 15.2. The number of carbonyl (C=O) groups excluding carboxylic acids is 1. The molecule has 138 valence electrons. The van der Waals surface area contributed by atoms with Crippen LogP contribution in [0.25, 0.3) is 11.2 Å². The molecule has 27 heavy (non-hydrogen) atoms. The average molecular weight is 363 g/mol. The first-order valence-electron chi connectivity index (χ1n) is 9.00. The van der Waals surface area contributed by atoms with Gasteiger partial charge in [-0.1, -0.05) is 6.07 Å². The molecule has 0 unspecified atom stereocenters. The molecular weight excluding hydrogens is 342 g/mol. The van der Waals surface area contributed by atoms with E-state index in [9.17, 15) is 4.79 Å². The number of amides is 1. The zero-order valence-electron chi connectivity index (χ0n) is 15.2. The summed E-state index contributed by atoms with van der Waals surface area (Å²) in [6, 6.07) is 11.2. The third-order valence-corrected chi connectivity index (χ3v) is 4.74. The van der Waals surface area contributed by atoms with Gasteiger partial charge in [0.15, 0.2) is 5.65 Å². The first kappa shape index (κ1) is 17.2. The molecule has 0 saturated carbocycles. The number of benzene rings is 1. The number of hydrogen-bond acceptors (Lipinski definition) is 6. The van der Waals surface area contributed by atoms with Gasteiger partial charge < -0.3 is 14.5 Å². The minimum Gasteiger partial charge on any atom is -0.497 e. The molecule has 2 aromatic heterocycles. The van der Waals surface area contributed by atoms with Gasteiger partial charge in [-0.15, -0.1) is 0 Å². The maximum atomic E-state index is 12.9. The number of ether oxygens (including phenoxy) is 1. The van der Waals surface area contributed by atoms with Gasteiger partial charge in [0.25, 0.3) is 5.91 Å². The van der Waals surface area contributed by atoms with E-state index in [4.69, 9.17) is 4.74 Å². The standard InChI is InChI=1S/C20H21N5O2/c1-27-16-5-2-4-15(14-16)20(26)25-11-3-10-24(12-13-25)18-7-6-17-19(23-18)22-9-8-21-17/h2,4-9,14H,3,10-13H2,1H3. The maximum Gasteiger partial charge on any atom is 0.254 e. The second-order valence-corrected chi connectivity index (χ2v) is 6.43. The summed E-state index contributed by atoms with van der Waals surface area (Å²) >= 11 is 0. The summed E-state index contributed by atoms with van der Waals surface area (Å²) in [7, 11) is 1.61. The van der Waals surface area contributed by atoms with Crippen LogP contribution < -0.4 is 9.64 Å². The van der Waals surface area contributed by atoms with Gasteiger partial charge in [0.2, 0.25) is 0 Å². The van der Waals surface area contributed by atoms with E-state index < -0.39 is 0 Å². The van der Waals surface area contributed by atoms with Crippen molar-refractivity contribution < 1.29 is 9.53 Å². The summed E-state index contributed by atoms with van der Waals surface area (Å²) in [5.74, 6) is 1.60. The van der Waals surface area contributed by atoms with E-state index in [1.54, 1.807) is 25.6 Å². The van der Waals surface area contributed by atoms with E-state index in [-0.39, 0.29) is 5.91 Å². The highest BCUT2D eigenvalue weighted by Gasteiger charge is 2.21. The minimum absolute atomic E-state index is 0.0353. The molecule has 3 aromatic rings. The summed E-state index contributed by atoms with van der Waals surface area (Å²) in [4.78, 5) is 30.1. The van der Waals surface area contributed by atoms with Crippen molar-refractivity contribution in [1.82, 2.24) is 19.9 Å². The highest BCUT2D eigenvalue weighted by Crippen LogP contribution is 2.19. The molecule has 1 fully saturated rings. The summed E-state index contributed by atoms with van der Waals surface area (Å²) in [6.45, 7) is 2.95. The molecule has 4 rings (SSSR count). The number of hydrogen-bond donors (Lipinski definition) is 0. The fourth-order valence-corrected chi connectivity index (χ4v) is 3.31. The topological polar surface area (TPSA) is 71.5 Å². The minimum atomic E-state index is 0.0353. The van der Waals surface area contributed by atoms with Crippen LogP contribution in [-0.4, -0.2) is 59.0 Å². The normalized spacial score (nSPS) is 14.9. The Hall–Kier alpha value is -3.22. The van der Waals surface area contributed by atoms with Gasteiger partial charge in [0, 0.05) is 44.1 Å². The molecule has 1 aliphatic heterocycles. The molecule has 0 radical (unpaired) electrons. The van der Waals surface area contributed by atoms with Crippen LogP contribution in [0.15, 0.2) is 48.8 Å². The van der Waals surface area contributed by atoms with Crippen LogP contribution in [0.2, 0.25) is 0 Å². The predicted molar refractivity (Wildman–Crippen MR) is 103 cm³/mol. The summed E-state index contributed by atoms with van der Waals surface area (Å²) < 4.78 is 5.23. The fraction of sp³-hybridized carbons (Fsp3) is 0.300. The van der Waals surface area contributed by atoms with Crippen molar-refractivity contribution in [2.24, 2.45) is 0 Å². The molecule has 1 saturated heterocycles. The van der Waals surface area contributed by atoms with E-state index in [2.05, 4.69) is 19.9 Å². The van der Waals surface area contributed by atoms with E-state index in [0.717, 1.165) is 37.4 Å². The van der Waals surface area contributed by atoms with Gasteiger partial charge in [-0.2, -0.15) is 0 Å². The van der Waals surface area contributed by atoms with Crippen LogP contribution in [0.1, 0.15) is 16.8 Å². The molecule has 0 atom stereocenters. The number of fused-ring (bicyclic) bond motifs is 1. The van der Waals surface area contributed by atoms with Crippen LogP contribution >= 0.6 is 0 Å². The van der Waals surface area contributed by atoms with E-state index >= 15 is 0 Å². The second kappa shape index (κ2) is 7.57. The Bertz CT molecular complexity index is 962. The molecule has 1 aliphatic rings. The number of rotatable bonds is 3. The van der Waals surface area contributed by atoms with E-state index in [0.29, 0.717) is 23.5 Å². The molecule has 3 heterocycles. The number of pyridine rings is 1. The lowest BCUT2D eigenvalue weighted by molar-refractivity contribution is 0.0766. The number of nitrogens with zero attached hydrogens (tertiary/aromatic N) is 5. The average Bonchev–Trinajstić information content (AvgIpc) is 2.99. The van der Waals surface area contributed by atoms with Crippen molar-refractivity contribution >= 4 is 22.9 Å². The van der Waals surface area contributed by atoms with Crippen LogP contribution in [0.4, 0.5) is 5.82 Å². The van der Waals surface area contributed by atoms with Crippen molar-refractivity contribution in [1.29, 1.82) is 0 Å². The predicted octanol–water partition coefficient (Wildman–Crippen LogP) is 2.39. The van der Waals surface area contributed by atoms with E-state index in [1.807, 2.05) is 35.2 Å². The lowest BCUT2D eigenvalue weighted by Crippen LogP contribution is -2.35. The number of methoxy groups -OCH3 is 1. The van der Waals surface area contributed by atoms with Gasteiger partial charge >= 0.3 is 0 Å². The lowest BCUT2D eigenvalue weighted by Gasteiger charge is -2.23. The Morgan fingerprint density at radius 1 is 1.04 bits per heavy atom. The number of carbonyl (C=O) groups is 1. The SMILES string of the molecule is COc1cccc(C(=O)N2CCCN(c3ccc4nccnc4n3)CC2)c1. The number of anilines is 1. The van der Waals surface area contributed by atoms with Crippen molar-refractivity contribution in [3.05, 3.63) is 54.4 Å². The quantitative estimate of drug-likeness (QED) is 0.712. The largest absolute Gasteiger partial charge is 0.497 e. The molecule has 0 aliphatic carbocycles. The van der Waals surface area contributed by atoms with Crippen LogP contribution in [0, 0.1) is 0 Å². The Labute approximate surface area is 157 Å². The highest BCUT2D eigenvalue weighted by atomic mass is 16.5. The monoisotopic (exact) mass is 363 g/mol. The third kappa shape index (κ3) is 3.67. The van der Waals surface area contributed by atoms with Gasteiger partial charge in [-0.05, 0) is 36.8 Å². The van der Waals surface area contributed by atoms with Gasteiger partial charge in [-0.3, -0.25) is 9.78 Å². The molecule has 7 heteroatoms. The molecule has 7 nitrogen and oxygen atoms in total. The van der Waals surface area contributed by atoms with Crippen molar-refractivity contribution in [2.75, 3.05) is 38.2 Å². The van der Waals surface area contributed by atoms with Gasteiger partial charge in [-0.25, -0.2) is 9.97 Å². The third-order valence-electron chi connectivity index (χ3n) is 4.74. The van der Waals surface area contributed by atoms with Crippen LogP contribution in [0.3, 0.4) is 0 Å². The summed E-state index contributed by atoms with van der Waals surface area (Å²) in [5.41, 5.74) is 2.08. The Balaban J connectivity index is 1.48. The first-order chi connectivity index (χ1) is 13.2. The van der Waals surface area contributed by atoms with Crippen molar-refractivity contribution in [3.63, 3.8) is 0 Å². The molecule has 1 aromatic carbocycles. The van der Waals surface area contributed by atoms with Crippen molar-refractivity contribution in [3.8, 4) is 5.75 Å². The Morgan fingerprint density at radius 2 is 1.93 bits per heavy atom. The molecular formula is C20H21N5O2. The lowest BCUT2D eigenvalue weighted by atomic mass is 10.2. The maximum absolute atomic E-state index is 12.9. The zero-order chi connectivity index (χ0) is 18.6. The molecule has 1 amide bonds. The Morgan fingerprint density at radius 3 is 2.81 bits per heavy atom. The molecule has 0 bridgehead atoms. The van der Waals surface area contributed by atoms with Crippen LogP contribution in [-0.2, 0) is 0 Å². The Kier molecular flexibility index (Phi) is 4.82. The molecule has 0 spiro atoms. The summed E-state index contributed by atoms with van der Waals surface area (Å²) in [5, 5.41) is 0.